The van der Waals surface area contributed by atoms with Gasteiger partial charge < -0.3 is 47.3 Å². The molecule has 0 saturated carbocycles. The van der Waals surface area contributed by atoms with Gasteiger partial charge in [-0.15, -0.1) is 0 Å². The van der Waals surface area contributed by atoms with Crippen molar-refractivity contribution in [3.05, 3.63) is 149 Å². The molecule has 4 fully saturated rings. The van der Waals surface area contributed by atoms with Crippen molar-refractivity contribution >= 4 is 62.9 Å². The van der Waals surface area contributed by atoms with Crippen LogP contribution in [0.3, 0.4) is 0 Å². The summed E-state index contributed by atoms with van der Waals surface area (Å²) in [5.41, 5.74) is 12.7. The second kappa shape index (κ2) is 32.0. The molecule has 0 bridgehead atoms. The van der Waals surface area contributed by atoms with Crippen LogP contribution in [0.15, 0.2) is 121 Å². The van der Waals surface area contributed by atoms with E-state index < -0.39 is 7.12 Å². The second-order valence-corrected chi connectivity index (χ2v) is 34.3. The predicted octanol–water partition coefficient (Wildman–Crippen LogP) is 13.6. The molecule has 90 heavy (non-hydrogen) atoms. The smallest absolute Gasteiger partial charge is 0.423 e. The van der Waals surface area contributed by atoms with E-state index in [1.165, 1.54) is 27.8 Å². The first-order chi connectivity index (χ1) is 41.3. The van der Waals surface area contributed by atoms with Gasteiger partial charge in [-0.1, -0.05) is 239 Å². The average Bonchev–Trinajstić information content (AvgIpc) is 1.61. The van der Waals surface area contributed by atoms with Crippen LogP contribution in [-0.4, -0.2) is 95.0 Å². The standard InChI is InChI=1S/2C17H27BO2.C16H25BO2.C14H21BO2.C11H17BO2/c1-15(2,3)12-13-8-10-14(11-9-13)18-19-16(4,5)17(6,7)20-18;1-13-11-17(5,6)20-18(19-13)15-9-7-14(8-10-15)12-16(2,3)4;1-15(2,3)10-13-6-8-14(9-7-13)17-18-11-16(4,5)12-19-17;1-14(2,3)11-12-5-7-13(8-6-12)15-16-9-4-10-17-15;1-11(2,3)8-9-4-6-10(7-5-9)12(13)14/h8-11H,12H2,1-7H3;7-10,13H,11-12H2,1-6H3;6-9H,10-12H2,1-5H3;5-8H,4,9-11H2,1-3H3;4-7,13-14H,8H2,1-3H3. The fourth-order valence-electron chi connectivity index (χ4n) is 11.0. The van der Waals surface area contributed by atoms with Crippen LogP contribution in [0.5, 0.6) is 0 Å². The number of hydrogen-bond donors (Lipinski definition) is 2. The molecule has 0 spiro atoms. The number of rotatable bonds is 10. The minimum absolute atomic E-state index is 0.119. The van der Waals surface area contributed by atoms with E-state index in [0.29, 0.717) is 27.1 Å². The van der Waals surface area contributed by atoms with E-state index in [1.54, 1.807) is 12.1 Å². The van der Waals surface area contributed by atoms with E-state index in [0.717, 1.165) is 93.2 Å². The lowest BCUT2D eigenvalue weighted by atomic mass is 9.74. The summed E-state index contributed by atoms with van der Waals surface area (Å²) in [4.78, 5) is 0. The Labute approximate surface area is 549 Å². The van der Waals surface area contributed by atoms with Crippen molar-refractivity contribution in [1.29, 1.82) is 0 Å². The second-order valence-electron chi connectivity index (χ2n) is 34.3. The maximum Gasteiger partial charge on any atom is 0.494 e. The summed E-state index contributed by atoms with van der Waals surface area (Å²) in [5.74, 6) is 0. The Bertz CT molecular complexity index is 2800. The molecule has 2 N–H and O–H groups in total. The summed E-state index contributed by atoms with van der Waals surface area (Å²) >= 11 is 0. The maximum atomic E-state index is 8.90. The average molecular weight is 1230 g/mol. The predicted molar refractivity (Wildman–Crippen MR) is 382 cm³/mol. The first-order valence-corrected chi connectivity index (χ1v) is 33.3. The normalized spacial score (nSPS) is 19.0. The first kappa shape index (κ1) is 76.7. The molecule has 9 rings (SSSR count). The SMILES string of the molecule is CC(C)(C)Cc1ccc(B(O)O)cc1.CC(C)(C)Cc1ccc(B2OC(C)(C)C(C)(C)O2)cc1.CC(C)(C)Cc1ccc(B2OCC(C)(C)CO2)cc1.CC(C)(C)Cc1ccc(B2OCCCO2)cc1.CC1CC(C)(C)OB(c2ccc(CC(C)(C)C)cc2)O1. The molecule has 4 saturated heterocycles. The number of benzene rings is 5. The highest BCUT2D eigenvalue weighted by molar-refractivity contribution is 6.63. The molecule has 492 valence electrons. The molecule has 4 aliphatic rings. The lowest BCUT2D eigenvalue weighted by Gasteiger charge is -2.38. The van der Waals surface area contributed by atoms with E-state index in [-0.39, 0.29) is 62.2 Å². The van der Waals surface area contributed by atoms with Crippen molar-refractivity contribution in [2.75, 3.05) is 26.4 Å². The number of hydrogen-bond acceptors (Lipinski definition) is 10. The van der Waals surface area contributed by atoms with Crippen molar-refractivity contribution in [2.24, 2.45) is 32.5 Å². The van der Waals surface area contributed by atoms with E-state index in [1.807, 2.05) is 12.1 Å². The van der Waals surface area contributed by atoms with Crippen LogP contribution in [-0.2, 0) is 69.3 Å². The quantitative estimate of drug-likeness (QED) is 0.131. The van der Waals surface area contributed by atoms with Crippen LogP contribution >= 0.6 is 0 Å². The van der Waals surface area contributed by atoms with Crippen LogP contribution in [0.1, 0.15) is 207 Å². The summed E-state index contributed by atoms with van der Waals surface area (Å²) in [5, 5.41) is 17.8. The van der Waals surface area contributed by atoms with Crippen molar-refractivity contribution in [3.8, 4) is 0 Å². The van der Waals surface area contributed by atoms with Crippen LogP contribution in [0, 0.1) is 32.5 Å². The molecular weight excluding hydrogens is 1110 g/mol. The molecule has 5 aromatic carbocycles. The molecule has 10 nitrogen and oxygen atoms in total. The zero-order valence-electron chi connectivity index (χ0n) is 60.4. The lowest BCUT2D eigenvalue weighted by Crippen LogP contribution is -2.51. The molecular formula is C75H117B5O10. The molecule has 0 aliphatic carbocycles. The fourth-order valence-corrected chi connectivity index (χ4v) is 11.0. The highest BCUT2D eigenvalue weighted by atomic mass is 16.7. The van der Waals surface area contributed by atoms with Crippen LogP contribution in [0.25, 0.3) is 0 Å². The Kier molecular flexibility index (Phi) is 27.3. The lowest BCUT2D eigenvalue weighted by molar-refractivity contribution is -0.0229. The molecule has 4 heterocycles. The largest absolute Gasteiger partial charge is 0.494 e. The van der Waals surface area contributed by atoms with Gasteiger partial charge in [-0.2, -0.15) is 0 Å². The van der Waals surface area contributed by atoms with Crippen LogP contribution in [0.2, 0.25) is 0 Å². The van der Waals surface area contributed by atoms with Crippen LogP contribution < -0.4 is 27.3 Å². The van der Waals surface area contributed by atoms with Crippen LogP contribution in [0.4, 0.5) is 0 Å². The summed E-state index contributed by atoms with van der Waals surface area (Å²) < 4.78 is 46.9. The minimum atomic E-state index is -1.36. The molecule has 0 radical (unpaired) electrons. The summed E-state index contributed by atoms with van der Waals surface area (Å²) in [6.45, 7) is 55.8. The maximum absolute atomic E-state index is 8.90. The molecule has 0 amide bonds. The van der Waals surface area contributed by atoms with Gasteiger partial charge in [0, 0.05) is 37.9 Å². The monoisotopic (exact) mass is 1230 g/mol. The van der Waals surface area contributed by atoms with Gasteiger partial charge in [0.1, 0.15) is 0 Å². The highest BCUT2D eigenvalue weighted by Crippen LogP contribution is 2.37. The summed E-state index contributed by atoms with van der Waals surface area (Å²) in [6, 6.07) is 41.9. The Hall–Kier alpha value is -3.98. The summed E-state index contributed by atoms with van der Waals surface area (Å²) in [7, 11) is -2.22. The first-order valence-electron chi connectivity index (χ1n) is 33.3. The van der Waals surface area contributed by atoms with Crippen molar-refractivity contribution in [2.45, 2.75) is 234 Å². The van der Waals surface area contributed by atoms with Crippen molar-refractivity contribution in [1.82, 2.24) is 0 Å². The molecule has 0 aromatic heterocycles. The Morgan fingerprint density at radius 3 is 0.956 bits per heavy atom. The van der Waals surface area contributed by atoms with E-state index in [9.17, 15) is 0 Å². The third-order valence-electron chi connectivity index (χ3n) is 15.8. The summed E-state index contributed by atoms with van der Waals surface area (Å²) in [6.07, 6.45) is 7.52. The molecule has 1 atom stereocenters. The topological polar surface area (TPSA) is 114 Å². The van der Waals surface area contributed by atoms with E-state index >= 15 is 0 Å². The van der Waals surface area contributed by atoms with Gasteiger partial charge in [0.15, 0.2) is 0 Å². The molecule has 1 unspecified atom stereocenters. The third kappa shape index (κ3) is 27.9. The van der Waals surface area contributed by atoms with Gasteiger partial charge in [0.2, 0.25) is 0 Å². The Morgan fingerprint density at radius 1 is 0.389 bits per heavy atom. The highest BCUT2D eigenvalue weighted by Gasteiger charge is 2.51. The molecule has 15 heteroatoms. The van der Waals surface area contributed by atoms with E-state index in [4.69, 9.17) is 47.3 Å². The van der Waals surface area contributed by atoms with Gasteiger partial charge in [0.05, 0.1) is 16.8 Å². The minimum Gasteiger partial charge on any atom is -0.423 e. The molecule has 4 aliphatic heterocycles. The fraction of sp³-hybridized carbons (Fsp3) is 0.600. The molecule has 5 aromatic rings. The van der Waals surface area contributed by atoms with E-state index in [2.05, 4.69) is 263 Å². The Balaban J connectivity index is 0.000000206. The van der Waals surface area contributed by atoms with Crippen molar-refractivity contribution in [3.63, 3.8) is 0 Å². The zero-order chi connectivity index (χ0) is 67.3. The van der Waals surface area contributed by atoms with Gasteiger partial charge >= 0.3 is 35.6 Å². The Morgan fingerprint density at radius 2 is 0.667 bits per heavy atom. The van der Waals surface area contributed by atoms with Gasteiger partial charge in [-0.05, 0) is 176 Å². The van der Waals surface area contributed by atoms with Gasteiger partial charge in [-0.25, -0.2) is 0 Å². The third-order valence-corrected chi connectivity index (χ3v) is 15.8. The van der Waals surface area contributed by atoms with Crippen molar-refractivity contribution < 1.29 is 47.3 Å². The van der Waals surface area contributed by atoms with Gasteiger partial charge in [0.25, 0.3) is 0 Å². The van der Waals surface area contributed by atoms with Gasteiger partial charge in [-0.3, -0.25) is 0 Å². The zero-order valence-corrected chi connectivity index (χ0v) is 60.4.